The van der Waals surface area contributed by atoms with Crippen molar-refractivity contribution in [2.45, 2.75) is 6.42 Å². The minimum atomic E-state index is 0.407. The van der Waals surface area contributed by atoms with Crippen molar-refractivity contribution in [2.24, 2.45) is 0 Å². The Bertz CT molecular complexity index is 220. The summed E-state index contributed by atoms with van der Waals surface area (Å²) >= 11 is 5.51. The van der Waals surface area contributed by atoms with Gasteiger partial charge in [0.05, 0.1) is 0 Å². The van der Waals surface area contributed by atoms with Gasteiger partial charge in [0.2, 0.25) is 0 Å². The van der Waals surface area contributed by atoms with Gasteiger partial charge in [0.15, 0.2) is 0 Å². The molecular weight excluding hydrogens is 150 g/mol. The van der Waals surface area contributed by atoms with E-state index in [2.05, 4.69) is 4.98 Å². The maximum absolute atomic E-state index is 10.00. The molecule has 3 heteroatoms. The number of hydrogen-bond acceptors (Lipinski definition) is 2. The molecule has 2 nitrogen and oxygen atoms in total. The van der Waals surface area contributed by atoms with Gasteiger partial charge in [0.25, 0.3) is 0 Å². The molecule has 1 aromatic rings. The van der Waals surface area contributed by atoms with Crippen LogP contribution in [0.1, 0.15) is 5.56 Å². The van der Waals surface area contributed by atoms with Gasteiger partial charge >= 0.3 is 0 Å². The van der Waals surface area contributed by atoms with Crippen molar-refractivity contribution in [2.75, 3.05) is 0 Å². The predicted octanol–water partition coefficient (Wildman–Crippen LogP) is 1.48. The third kappa shape index (κ3) is 1.81. The molecule has 0 aliphatic rings. The molecule has 52 valence electrons. The summed E-state index contributed by atoms with van der Waals surface area (Å²) in [6, 6.07) is 3.45. The van der Waals surface area contributed by atoms with Crippen molar-refractivity contribution in [3.05, 3.63) is 29.0 Å². The molecule has 0 saturated heterocycles. The SMILES string of the molecule is O=CCc1ccc(Cl)nc1. The summed E-state index contributed by atoms with van der Waals surface area (Å²) in [5, 5.41) is 0.453. The Balaban J connectivity index is 2.78. The maximum Gasteiger partial charge on any atom is 0.129 e. The summed E-state index contributed by atoms with van der Waals surface area (Å²) in [6.07, 6.45) is 2.84. The standard InChI is InChI=1S/C7H6ClNO/c8-7-2-1-6(3-4-10)5-9-7/h1-2,4-5H,3H2. The monoisotopic (exact) mass is 155 g/mol. The van der Waals surface area contributed by atoms with Crippen molar-refractivity contribution in [3.8, 4) is 0 Å². The van der Waals surface area contributed by atoms with Gasteiger partial charge in [-0.25, -0.2) is 4.98 Å². The zero-order chi connectivity index (χ0) is 7.40. The van der Waals surface area contributed by atoms with Crippen LogP contribution in [0.15, 0.2) is 18.3 Å². The number of hydrogen-bond donors (Lipinski definition) is 0. The maximum atomic E-state index is 10.00. The highest BCUT2D eigenvalue weighted by Crippen LogP contribution is 2.04. The molecule has 0 spiro atoms. The van der Waals surface area contributed by atoms with E-state index in [0.29, 0.717) is 11.6 Å². The summed E-state index contributed by atoms with van der Waals surface area (Å²) in [7, 11) is 0. The second-order valence-corrected chi connectivity index (χ2v) is 2.25. The second-order valence-electron chi connectivity index (χ2n) is 1.86. The molecule has 0 saturated carbocycles. The van der Waals surface area contributed by atoms with Crippen molar-refractivity contribution < 1.29 is 4.79 Å². The van der Waals surface area contributed by atoms with Crippen molar-refractivity contribution >= 4 is 17.9 Å². The predicted molar refractivity (Wildman–Crippen MR) is 39.0 cm³/mol. The molecular formula is C7H6ClNO. The summed E-state index contributed by atoms with van der Waals surface area (Å²) in [5.74, 6) is 0. The molecule has 0 aliphatic heterocycles. The Labute approximate surface area is 63.8 Å². The van der Waals surface area contributed by atoms with Crippen LogP contribution in [-0.2, 0) is 11.2 Å². The van der Waals surface area contributed by atoms with E-state index in [4.69, 9.17) is 11.6 Å². The molecule has 0 bridgehead atoms. The number of aldehydes is 1. The van der Waals surface area contributed by atoms with Crippen LogP contribution < -0.4 is 0 Å². The molecule has 0 amide bonds. The number of nitrogens with zero attached hydrogens (tertiary/aromatic N) is 1. The summed E-state index contributed by atoms with van der Waals surface area (Å²) in [4.78, 5) is 13.8. The lowest BCUT2D eigenvalue weighted by molar-refractivity contribution is -0.107. The molecule has 0 aromatic carbocycles. The van der Waals surface area contributed by atoms with Crippen LogP contribution in [0.3, 0.4) is 0 Å². The summed E-state index contributed by atoms with van der Waals surface area (Å²) < 4.78 is 0. The number of carbonyl (C=O) groups is 1. The Morgan fingerprint density at radius 1 is 1.60 bits per heavy atom. The summed E-state index contributed by atoms with van der Waals surface area (Å²) in [5.41, 5.74) is 0.888. The second kappa shape index (κ2) is 3.32. The first-order valence-corrected chi connectivity index (χ1v) is 3.25. The first kappa shape index (κ1) is 7.22. The molecule has 1 rings (SSSR count). The van der Waals surface area contributed by atoms with Gasteiger partial charge < -0.3 is 4.79 Å². The molecule has 0 atom stereocenters. The third-order valence-electron chi connectivity index (χ3n) is 1.11. The largest absolute Gasteiger partial charge is 0.303 e. The molecule has 0 fully saturated rings. The minimum absolute atomic E-state index is 0.407. The highest BCUT2D eigenvalue weighted by atomic mass is 35.5. The van der Waals surface area contributed by atoms with E-state index in [-0.39, 0.29) is 0 Å². The van der Waals surface area contributed by atoms with Gasteiger partial charge in [-0.3, -0.25) is 0 Å². The van der Waals surface area contributed by atoms with Gasteiger partial charge in [-0.15, -0.1) is 0 Å². The van der Waals surface area contributed by atoms with Crippen LogP contribution >= 0.6 is 11.6 Å². The lowest BCUT2D eigenvalue weighted by Crippen LogP contribution is -1.85. The third-order valence-corrected chi connectivity index (χ3v) is 1.33. The van der Waals surface area contributed by atoms with Crippen LogP contribution in [0.25, 0.3) is 0 Å². The normalized spacial score (nSPS) is 9.30. The average molecular weight is 156 g/mol. The van der Waals surface area contributed by atoms with Crippen molar-refractivity contribution in [1.29, 1.82) is 0 Å². The smallest absolute Gasteiger partial charge is 0.129 e. The molecule has 10 heavy (non-hydrogen) atoms. The van der Waals surface area contributed by atoms with E-state index < -0.39 is 0 Å². The van der Waals surface area contributed by atoms with Crippen LogP contribution in [0.5, 0.6) is 0 Å². The lowest BCUT2D eigenvalue weighted by atomic mass is 10.2. The van der Waals surface area contributed by atoms with Gasteiger partial charge in [-0.1, -0.05) is 17.7 Å². The minimum Gasteiger partial charge on any atom is -0.303 e. The van der Waals surface area contributed by atoms with Crippen LogP contribution in [0.2, 0.25) is 5.15 Å². The van der Waals surface area contributed by atoms with Crippen molar-refractivity contribution in [1.82, 2.24) is 4.98 Å². The van der Waals surface area contributed by atoms with Gasteiger partial charge in [0.1, 0.15) is 11.4 Å². The van der Waals surface area contributed by atoms with E-state index in [1.807, 2.05) is 0 Å². The molecule has 0 unspecified atom stereocenters. The van der Waals surface area contributed by atoms with E-state index in [9.17, 15) is 4.79 Å². The molecule has 1 heterocycles. The number of pyridine rings is 1. The average Bonchev–Trinajstić information content (AvgIpc) is 1.95. The van der Waals surface area contributed by atoms with Crippen molar-refractivity contribution in [3.63, 3.8) is 0 Å². The quantitative estimate of drug-likeness (QED) is 0.478. The lowest BCUT2D eigenvalue weighted by Gasteiger charge is -1.91. The number of carbonyl (C=O) groups excluding carboxylic acids is 1. The fourth-order valence-electron chi connectivity index (χ4n) is 0.623. The molecule has 0 aliphatic carbocycles. The van der Waals surface area contributed by atoms with Gasteiger partial charge in [-0.2, -0.15) is 0 Å². The van der Waals surface area contributed by atoms with E-state index in [0.717, 1.165) is 11.8 Å². The zero-order valence-corrected chi connectivity index (χ0v) is 6.01. The number of rotatable bonds is 2. The molecule has 0 N–H and O–H groups in total. The Morgan fingerprint density at radius 3 is 2.90 bits per heavy atom. The van der Waals surface area contributed by atoms with Crippen LogP contribution in [0, 0.1) is 0 Å². The Morgan fingerprint density at radius 2 is 2.40 bits per heavy atom. The first-order chi connectivity index (χ1) is 4.83. The van der Waals surface area contributed by atoms with Crippen LogP contribution in [0.4, 0.5) is 0 Å². The number of aromatic nitrogens is 1. The van der Waals surface area contributed by atoms with Crippen LogP contribution in [-0.4, -0.2) is 11.3 Å². The molecule has 1 aromatic heterocycles. The van der Waals surface area contributed by atoms with E-state index in [1.54, 1.807) is 18.3 Å². The van der Waals surface area contributed by atoms with Gasteiger partial charge in [-0.05, 0) is 11.6 Å². The zero-order valence-electron chi connectivity index (χ0n) is 5.25. The number of halogens is 1. The van der Waals surface area contributed by atoms with E-state index in [1.165, 1.54) is 0 Å². The Kier molecular flexibility index (Phi) is 2.40. The topological polar surface area (TPSA) is 30.0 Å². The molecule has 0 radical (unpaired) electrons. The first-order valence-electron chi connectivity index (χ1n) is 2.87. The summed E-state index contributed by atoms with van der Waals surface area (Å²) in [6.45, 7) is 0. The Hall–Kier alpha value is -0.890. The fourth-order valence-corrected chi connectivity index (χ4v) is 0.735. The van der Waals surface area contributed by atoms with E-state index >= 15 is 0 Å². The fraction of sp³-hybridized carbons (Fsp3) is 0.143. The highest BCUT2D eigenvalue weighted by molar-refractivity contribution is 6.29. The highest BCUT2D eigenvalue weighted by Gasteiger charge is 1.90. The van der Waals surface area contributed by atoms with Gasteiger partial charge in [0, 0.05) is 12.6 Å².